The molecule has 2 aliphatic rings. The van der Waals surface area contributed by atoms with Gasteiger partial charge < -0.3 is 14.5 Å². The number of piperazine rings is 1. The summed E-state index contributed by atoms with van der Waals surface area (Å²) in [5.41, 5.74) is 1.78. The molecule has 0 spiro atoms. The lowest BCUT2D eigenvalue weighted by Crippen LogP contribution is -2.55. The second kappa shape index (κ2) is 7.99. The maximum Gasteiger partial charge on any atom is 0.311 e. The first-order chi connectivity index (χ1) is 14.5. The van der Waals surface area contributed by atoms with Crippen molar-refractivity contribution in [1.29, 1.82) is 5.26 Å². The summed E-state index contributed by atoms with van der Waals surface area (Å²) in [7, 11) is 1.35. The van der Waals surface area contributed by atoms with E-state index in [1.165, 1.54) is 12.0 Å². The van der Waals surface area contributed by atoms with Crippen LogP contribution in [0.4, 0.5) is 0 Å². The van der Waals surface area contributed by atoms with E-state index >= 15 is 0 Å². The fourth-order valence-corrected chi connectivity index (χ4v) is 4.49. The number of ether oxygens (including phenoxy) is 1. The van der Waals surface area contributed by atoms with Crippen molar-refractivity contribution >= 4 is 17.8 Å². The molecule has 0 N–H and O–H groups in total. The van der Waals surface area contributed by atoms with Crippen LogP contribution >= 0.6 is 0 Å². The summed E-state index contributed by atoms with van der Waals surface area (Å²) in [6.45, 7) is 0.300. The molecule has 2 saturated heterocycles. The average molecular weight is 403 g/mol. The summed E-state index contributed by atoms with van der Waals surface area (Å²) in [5.74, 6) is -1.27. The van der Waals surface area contributed by atoms with Gasteiger partial charge in [0.1, 0.15) is 6.54 Å². The number of hydrogen-bond donors (Lipinski definition) is 0. The van der Waals surface area contributed by atoms with Crippen molar-refractivity contribution in [2.24, 2.45) is 5.92 Å². The largest absolute Gasteiger partial charge is 0.469 e. The molecule has 2 aromatic rings. The molecule has 2 amide bonds. The minimum absolute atomic E-state index is 0.0490. The molecule has 0 saturated carbocycles. The number of esters is 1. The van der Waals surface area contributed by atoms with Gasteiger partial charge in [0.05, 0.1) is 36.7 Å². The van der Waals surface area contributed by atoms with E-state index < -0.39 is 12.0 Å². The number of hydrogen-bond acceptors (Lipinski definition) is 5. The highest BCUT2D eigenvalue weighted by molar-refractivity contribution is 5.97. The van der Waals surface area contributed by atoms with Gasteiger partial charge in [-0.3, -0.25) is 14.4 Å². The van der Waals surface area contributed by atoms with E-state index in [1.807, 2.05) is 36.4 Å². The van der Waals surface area contributed by atoms with E-state index in [9.17, 15) is 14.4 Å². The van der Waals surface area contributed by atoms with Crippen molar-refractivity contribution < 1.29 is 19.1 Å². The highest BCUT2D eigenvalue weighted by Crippen LogP contribution is 2.43. The zero-order valence-electron chi connectivity index (χ0n) is 16.5. The molecule has 0 radical (unpaired) electrons. The third-order valence-corrected chi connectivity index (χ3v) is 5.84. The quantitative estimate of drug-likeness (QED) is 0.733. The normalized spacial score (nSPS) is 22.9. The monoisotopic (exact) mass is 403 g/mol. The van der Waals surface area contributed by atoms with Gasteiger partial charge in [0.25, 0.3) is 5.91 Å². The fraction of sp³-hybridized carbons (Fsp3) is 0.304. The third kappa shape index (κ3) is 3.41. The number of nitrogens with zero attached hydrogens (tertiary/aromatic N) is 3. The standard InChI is InChI=1S/C23H21N3O4/c1-30-23(29)19-11-18-13-25(22(28)17-9-7-15(12-24)8-10-17)14-20(27)26(18)21(19)16-5-3-2-4-6-16/h2-10,18-19,21H,11,13-14H2,1H3/t18-,19-,21-/m0/s1. The Kier molecular flexibility index (Phi) is 5.23. The van der Waals surface area contributed by atoms with Crippen molar-refractivity contribution in [2.75, 3.05) is 20.2 Å². The van der Waals surface area contributed by atoms with Crippen molar-refractivity contribution in [3.05, 3.63) is 71.3 Å². The predicted octanol–water partition coefficient (Wildman–Crippen LogP) is 2.15. The predicted molar refractivity (Wildman–Crippen MR) is 107 cm³/mol. The Morgan fingerprint density at radius 3 is 2.43 bits per heavy atom. The Labute approximate surface area is 174 Å². The Balaban J connectivity index is 1.60. The summed E-state index contributed by atoms with van der Waals surface area (Å²) in [6, 6.07) is 17.2. The number of carbonyl (C=O) groups excluding carboxylic acids is 3. The van der Waals surface area contributed by atoms with Crippen LogP contribution in [0.15, 0.2) is 54.6 Å². The van der Waals surface area contributed by atoms with Gasteiger partial charge in [-0.15, -0.1) is 0 Å². The minimum Gasteiger partial charge on any atom is -0.469 e. The molecule has 3 atom stereocenters. The van der Waals surface area contributed by atoms with Gasteiger partial charge in [0, 0.05) is 12.1 Å². The van der Waals surface area contributed by atoms with E-state index in [0.717, 1.165) is 5.56 Å². The topological polar surface area (TPSA) is 90.7 Å². The lowest BCUT2D eigenvalue weighted by Gasteiger charge is -2.40. The summed E-state index contributed by atoms with van der Waals surface area (Å²) in [6.07, 6.45) is 0.440. The Morgan fingerprint density at radius 1 is 1.10 bits per heavy atom. The second-order valence-corrected chi connectivity index (χ2v) is 7.55. The van der Waals surface area contributed by atoms with Crippen LogP contribution in [0.25, 0.3) is 0 Å². The molecule has 0 aliphatic carbocycles. The zero-order chi connectivity index (χ0) is 21.3. The summed E-state index contributed by atoms with van der Waals surface area (Å²) >= 11 is 0. The van der Waals surface area contributed by atoms with E-state index in [-0.39, 0.29) is 30.4 Å². The summed E-state index contributed by atoms with van der Waals surface area (Å²) < 4.78 is 5.01. The van der Waals surface area contributed by atoms with E-state index in [1.54, 1.807) is 29.2 Å². The van der Waals surface area contributed by atoms with E-state index in [0.29, 0.717) is 24.1 Å². The number of carbonyl (C=O) groups is 3. The molecule has 2 fully saturated rings. The lowest BCUT2D eigenvalue weighted by atomic mass is 9.93. The molecule has 2 aliphatic heterocycles. The molecule has 7 nitrogen and oxygen atoms in total. The van der Waals surface area contributed by atoms with Gasteiger partial charge in [-0.1, -0.05) is 30.3 Å². The SMILES string of the molecule is COC(=O)[C@H]1C[C@H]2CN(C(=O)c3ccc(C#N)cc3)CC(=O)N2[C@H]1c1ccccc1. The van der Waals surface area contributed by atoms with Crippen LogP contribution < -0.4 is 0 Å². The highest BCUT2D eigenvalue weighted by Gasteiger charge is 2.51. The van der Waals surface area contributed by atoms with Crippen molar-refractivity contribution in [1.82, 2.24) is 9.80 Å². The summed E-state index contributed by atoms with van der Waals surface area (Å²) in [4.78, 5) is 41.8. The van der Waals surface area contributed by atoms with E-state index in [2.05, 4.69) is 0 Å². The molecule has 152 valence electrons. The molecule has 0 aromatic heterocycles. The number of amides is 2. The van der Waals surface area contributed by atoms with Crippen LogP contribution in [0.1, 0.15) is 33.9 Å². The molecule has 30 heavy (non-hydrogen) atoms. The van der Waals surface area contributed by atoms with Gasteiger partial charge in [0.2, 0.25) is 5.91 Å². The maximum atomic E-state index is 13.1. The first-order valence-corrected chi connectivity index (χ1v) is 9.77. The highest BCUT2D eigenvalue weighted by atomic mass is 16.5. The minimum atomic E-state index is -0.476. The van der Waals surface area contributed by atoms with Crippen LogP contribution in [0.3, 0.4) is 0 Å². The van der Waals surface area contributed by atoms with Crippen LogP contribution in [0.5, 0.6) is 0 Å². The van der Waals surface area contributed by atoms with E-state index in [4.69, 9.17) is 10.00 Å². The van der Waals surface area contributed by atoms with Crippen LogP contribution in [0.2, 0.25) is 0 Å². The molecule has 2 heterocycles. The smallest absolute Gasteiger partial charge is 0.311 e. The molecule has 4 rings (SSSR count). The molecule has 2 aromatic carbocycles. The number of rotatable bonds is 3. The Morgan fingerprint density at radius 2 is 1.80 bits per heavy atom. The first-order valence-electron chi connectivity index (χ1n) is 9.77. The van der Waals surface area contributed by atoms with Crippen LogP contribution in [-0.2, 0) is 14.3 Å². The van der Waals surface area contributed by atoms with Crippen molar-refractivity contribution in [3.63, 3.8) is 0 Å². The Bertz CT molecular complexity index is 1010. The zero-order valence-corrected chi connectivity index (χ0v) is 16.5. The average Bonchev–Trinajstić information content (AvgIpc) is 3.19. The molecule has 7 heteroatoms. The van der Waals surface area contributed by atoms with Gasteiger partial charge >= 0.3 is 5.97 Å². The van der Waals surface area contributed by atoms with Gasteiger partial charge in [-0.05, 0) is 36.2 Å². The molecular weight excluding hydrogens is 382 g/mol. The van der Waals surface area contributed by atoms with Gasteiger partial charge in [-0.25, -0.2) is 0 Å². The van der Waals surface area contributed by atoms with Crippen molar-refractivity contribution in [2.45, 2.75) is 18.5 Å². The number of fused-ring (bicyclic) bond motifs is 1. The first kappa shape index (κ1) is 19.6. The van der Waals surface area contributed by atoms with Crippen LogP contribution in [0, 0.1) is 17.2 Å². The number of methoxy groups -OCH3 is 1. The molecular formula is C23H21N3O4. The molecule has 0 unspecified atom stereocenters. The number of nitriles is 1. The molecule has 0 bridgehead atoms. The van der Waals surface area contributed by atoms with Crippen molar-refractivity contribution in [3.8, 4) is 6.07 Å². The third-order valence-electron chi connectivity index (χ3n) is 5.84. The van der Waals surface area contributed by atoms with Gasteiger partial charge in [0.15, 0.2) is 0 Å². The van der Waals surface area contributed by atoms with Crippen LogP contribution in [-0.4, -0.2) is 53.8 Å². The Hall–Kier alpha value is -3.66. The second-order valence-electron chi connectivity index (χ2n) is 7.55. The number of benzene rings is 2. The lowest BCUT2D eigenvalue weighted by molar-refractivity contribution is -0.147. The maximum absolute atomic E-state index is 13.1. The fourth-order valence-electron chi connectivity index (χ4n) is 4.49. The summed E-state index contributed by atoms with van der Waals surface area (Å²) in [5, 5.41) is 8.93. The van der Waals surface area contributed by atoms with Gasteiger partial charge in [-0.2, -0.15) is 5.26 Å².